The van der Waals surface area contributed by atoms with E-state index in [4.69, 9.17) is 15.5 Å². The van der Waals surface area contributed by atoms with E-state index in [1.165, 1.54) is 0 Å². The van der Waals surface area contributed by atoms with Gasteiger partial charge in [-0.15, -0.1) is 0 Å². The van der Waals surface area contributed by atoms with Gasteiger partial charge in [-0.1, -0.05) is 0 Å². The van der Waals surface area contributed by atoms with E-state index in [2.05, 4.69) is 11.8 Å². The maximum atomic E-state index is 9.26. The van der Waals surface area contributed by atoms with Crippen LogP contribution in [-0.2, 0) is 4.74 Å². The molecule has 1 aliphatic rings. The van der Waals surface area contributed by atoms with Crippen LogP contribution in [0.15, 0.2) is 30.3 Å². The van der Waals surface area contributed by atoms with Crippen molar-refractivity contribution < 1.29 is 9.84 Å². The average Bonchev–Trinajstić information content (AvgIpc) is 2.47. The van der Waals surface area contributed by atoms with Gasteiger partial charge in [0.05, 0.1) is 30.9 Å². The van der Waals surface area contributed by atoms with Crippen molar-refractivity contribution in [2.24, 2.45) is 0 Å². The molecule has 0 radical (unpaired) electrons. The number of benzene rings is 1. The number of nitrogens with zero attached hydrogens (tertiary/aromatic N) is 2. The molecule has 2 atom stereocenters. The number of aliphatic hydroxyl groups excluding tert-OH is 1. The van der Waals surface area contributed by atoms with E-state index < -0.39 is 0 Å². The summed E-state index contributed by atoms with van der Waals surface area (Å²) in [4.78, 5) is 6.87. The lowest BCUT2D eigenvalue weighted by molar-refractivity contribution is -0.0105. The van der Waals surface area contributed by atoms with Crippen LogP contribution in [0.5, 0.6) is 0 Å². The number of nitrogens with two attached hydrogens (primary N) is 1. The lowest BCUT2D eigenvalue weighted by Gasteiger charge is -2.38. The summed E-state index contributed by atoms with van der Waals surface area (Å²) in [5.41, 5.74) is 7.45. The Bertz CT molecular complexity index is 617. The molecule has 5 heteroatoms. The Kier molecular flexibility index (Phi) is 3.46. The molecule has 1 saturated heterocycles. The standard InChI is InChI=1S/C15H19N3O2/c1-10-9-20-13(8-19)7-18(10)15-5-2-11-6-12(16)3-4-14(11)17-15/h2-6,10,13,19H,7-9,16H2,1H3. The third-order valence-electron chi connectivity index (χ3n) is 3.70. The van der Waals surface area contributed by atoms with Gasteiger partial charge in [0.25, 0.3) is 0 Å². The number of aliphatic hydroxyl groups is 1. The molecule has 106 valence electrons. The minimum Gasteiger partial charge on any atom is -0.399 e. The molecule has 1 fully saturated rings. The van der Waals surface area contributed by atoms with E-state index in [1.54, 1.807) is 0 Å². The Morgan fingerprint density at radius 2 is 2.25 bits per heavy atom. The van der Waals surface area contributed by atoms with Crippen LogP contribution in [-0.4, -0.2) is 42.0 Å². The van der Waals surface area contributed by atoms with Gasteiger partial charge < -0.3 is 20.5 Å². The molecule has 2 unspecified atom stereocenters. The smallest absolute Gasteiger partial charge is 0.129 e. The van der Waals surface area contributed by atoms with Gasteiger partial charge in [-0.2, -0.15) is 0 Å². The lowest BCUT2D eigenvalue weighted by atomic mass is 10.1. The predicted octanol–water partition coefficient (Wildman–Crippen LogP) is 1.40. The zero-order chi connectivity index (χ0) is 14.1. The molecule has 0 amide bonds. The summed E-state index contributed by atoms with van der Waals surface area (Å²) < 4.78 is 5.56. The SMILES string of the molecule is CC1COC(CO)CN1c1ccc2cc(N)ccc2n1. The van der Waals surface area contributed by atoms with Crippen molar-refractivity contribution in [3.05, 3.63) is 30.3 Å². The molecule has 1 aromatic carbocycles. The second-order valence-corrected chi connectivity index (χ2v) is 5.26. The Morgan fingerprint density at radius 1 is 1.40 bits per heavy atom. The second-order valence-electron chi connectivity index (χ2n) is 5.26. The number of rotatable bonds is 2. The van der Waals surface area contributed by atoms with E-state index in [0.29, 0.717) is 13.2 Å². The number of morpholine rings is 1. The summed E-state index contributed by atoms with van der Waals surface area (Å²) >= 11 is 0. The molecule has 0 saturated carbocycles. The molecular formula is C15H19N3O2. The maximum absolute atomic E-state index is 9.26. The normalized spacial score (nSPS) is 23.2. The first-order valence-electron chi connectivity index (χ1n) is 6.83. The first kappa shape index (κ1) is 13.1. The molecule has 0 spiro atoms. The van der Waals surface area contributed by atoms with E-state index in [1.807, 2.05) is 30.3 Å². The first-order chi connectivity index (χ1) is 9.67. The van der Waals surface area contributed by atoms with Crippen molar-refractivity contribution in [3.63, 3.8) is 0 Å². The lowest BCUT2D eigenvalue weighted by Crippen LogP contribution is -2.49. The van der Waals surface area contributed by atoms with Crippen LogP contribution in [0.3, 0.4) is 0 Å². The highest BCUT2D eigenvalue weighted by molar-refractivity contribution is 5.83. The Labute approximate surface area is 118 Å². The molecule has 1 aliphatic heterocycles. The number of anilines is 2. The van der Waals surface area contributed by atoms with Crippen LogP contribution >= 0.6 is 0 Å². The van der Waals surface area contributed by atoms with Gasteiger partial charge in [-0.25, -0.2) is 4.98 Å². The summed E-state index contributed by atoms with van der Waals surface area (Å²) in [5, 5.41) is 10.3. The summed E-state index contributed by atoms with van der Waals surface area (Å²) in [5.74, 6) is 0.913. The van der Waals surface area contributed by atoms with E-state index in [9.17, 15) is 5.11 Å². The third-order valence-corrected chi connectivity index (χ3v) is 3.70. The first-order valence-corrected chi connectivity index (χ1v) is 6.83. The van der Waals surface area contributed by atoms with Crippen LogP contribution in [0.4, 0.5) is 11.5 Å². The largest absolute Gasteiger partial charge is 0.399 e. The van der Waals surface area contributed by atoms with Crippen molar-refractivity contribution >= 4 is 22.4 Å². The van der Waals surface area contributed by atoms with Gasteiger partial charge in [0.1, 0.15) is 5.82 Å². The minimum atomic E-state index is -0.143. The molecule has 5 nitrogen and oxygen atoms in total. The molecule has 2 heterocycles. The zero-order valence-corrected chi connectivity index (χ0v) is 11.5. The van der Waals surface area contributed by atoms with Crippen molar-refractivity contribution in [1.29, 1.82) is 0 Å². The molecule has 1 aromatic heterocycles. The summed E-state index contributed by atoms with van der Waals surface area (Å²) in [6.45, 7) is 3.40. The highest BCUT2D eigenvalue weighted by Gasteiger charge is 2.26. The van der Waals surface area contributed by atoms with Crippen molar-refractivity contribution in [2.45, 2.75) is 19.1 Å². The van der Waals surface area contributed by atoms with Gasteiger partial charge in [0, 0.05) is 17.6 Å². The van der Waals surface area contributed by atoms with Crippen LogP contribution in [0.25, 0.3) is 10.9 Å². The van der Waals surface area contributed by atoms with Crippen molar-refractivity contribution in [2.75, 3.05) is 30.4 Å². The predicted molar refractivity (Wildman–Crippen MR) is 79.8 cm³/mol. The summed E-state index contributed by atoms with van der Waals surface area (Å²) in [6.07, 6.45) is -0.143. The molecule has 0 bridgehead atoms. The van der Waals surface area contributed by atoms with Crippen molar-refractivity contribution in [1.82, 2.24) is 4.98 Å². The number of nitrogen functional groups attached to an aromatic ring is 1. The summed E-state index contributed by atoms with van der Waals surface area (Å²) in [7, 11) is 0. The van der Waals surface area contributed by atoms with Crippen LogP contribution in [0, 0.1) is 0 Å². The fourth-order valence-corrected chi connectivity index (χ4v) is 2.54. The topological polar surface area (TPSA) is 71.6 Å². The van der Waals surface area contributed by atoms with Gasteiger partial charge in [-0.05, 0) is 37.3 Å². The quantitative estimate of drug-likeness (QED) is 0.809. The Hall–Kier alpha value is -1.85. The average molecular weight is 273 g/mol. The fraction of sp³-hybridized carbons (Fsp3) is 0.400. The number of ether oxygens (including phenoxy) is 1. The van der Waals surface area contributed by atoms with Crippen LogP contribution in [0.2, 0.25) is 0 Å². The van der Waals surface area contributed by atoms with Gasteiger partial charge >= 0.3 is 0 Å². The number of hydrogen-bond donors (Lipinski definition) is 2. The van der Waals surface area contributed by atoms with E-state index in [0.717, 1.165) is 22.4 Å². The highest BCUT2D eigenvalue weighted by Crippen LogP contribution is 2.24. The van der Waals surface area contributed by atoms with Crippen LogP contribution < -0.4 is 10.6 Å². The number of aromatic nitrogens is 1. The summed E-state index contributed by atoms with van der Waals surface area (Å²) in [6, 6.07) is 9.99. The molecule has 0 aliphatic carbocycles. The molecule has 3 N–H and O–H groups in total. The number of pyridine rings is 1. The van der Waals surface area contributed by atoms with Crippen molar-refractivity contribution in [3.8, 4) is 0 Å². The van der Waals surface area contributed by atoms with Crippen LogP contribution in [0.1, 0.15) is 6.92 Å². The Morgan fingerprint density at radius 3 is 3.05 bits per heavy atom. The van der Waals surface area contributed by atoms with Gasteiger partial charge in [-0.3, -0.25) is 0 Å². The Balaban J connectivity index is 1.94. The molecule has 3 rings (SSSR count). The van der Waals surface area contributed by atoms with E-state index >= 15 is 0 Å². The number of hydrogen-bond acceptors (Lipinski definition) is 5. The molecule has 2 aromatic rings. The third kappa shape index (κ3) is 2.42. The fourth-order valence-electron chi connectivity index (χ4n) is 2.54. The van der Waals surface area contributed by atoms with E-state index in [-0.39, 0.29) is 18.8 Å². The molecule has 20 heavy (non-hydrogen) atoms. The van der Waals surface area contributed by atoms with Gasteiger partial charge in [0.15, 0.2) is 0 Å². The molecular weight excluding hydrogens is 254 g/mol. The number of fused-ring (bicyclic) bond motifs is 1. The highest BCUT2D eigenvalue weighted by atomic mass is 16.5. The zero-order valence-electron chi connectivity index (χ0n) is 11.5. The maximum Gasteiger partial charge on any atom is 0.129 e. The van der Waals surface area contributed by atoms with Gasteiger partial charge in [0.2, 0.25) is 0 Å². The minimum absolute atomic E-state index is 0.0351. The monoisotopic (exact) mass is 273 g/mol. The second kappa shape index (κ2) is 5.26.